The highest BCUT2D eigenvalue weighted by Crippen LogP contribution is 2.07. The van der Waals surface area contributed by atoms with E-state index in [-0.39, 0.29) is 0 Å². The first-order chi connectivity index (χ1) is 6.15. The number of imidazole rings is 1. The van der Waals surface area contributed by atoms with E-state index in [1.165, 1.54) is 0 Å². The van der Waals surface area contributed by atoms with Crippen molar-refractivity contribution in [3.8, 4) is 0 Å². The molecule has 1 aromatic heterocycles. The lowest BCUT2D eigenvalue weighted by Crippen LogP contribution is -2.21. The molecule has 5 nitrogen and oxygen atoms in total. The highest BCUT2D eigenvalue weighted by molar-refractivity contribution is 5.73. The van der Waals surface area contributed by atoms with Gasteiger partial charge in [0.25, 0.3) is 0 Å². The zero-order chi connectivity index (χ0) is 9.84. The van der Waals surface area contributed by atoms with Crippen LogP contribution in [-0.4, -0.2) is 21.0 Å². The summed E-state index contributed by atoms with van der Waals surface area (Å²) in [6, 6.07) is -1.05. The van der Waals surface area contributed by atoms with Crippen LogP contribution in [0.4, 0.5) is 0 Å². The van der Waals surface area contributed by atoms with E-state index in [9.17, 15) is 4.79 Å². The number of carboxylic acids is 1. The molecule has 0 spiro atoms. The molecular formula is C8H13N3O2. The standard InChI is InChI=1S/C8H13N3O2/c1-2-3-5-4-10-7(11-5)6(9)8(12)13/h4,6H,2-3,9H2,1H3,(H,10,11)(H,12,13). The molecule has 1 heterocycles. The normalized spacial score (nSPS) is 12.8. The second-order valence-electron chi connectivity index (χ2n) is 2.86. The lowest BCUT2D eigenvalue weighted by Gasteiger charge is -2.00. The molecule has 0 aliphatic heterocycles. The molecule has 1 rings (SSSR count). The van der Waals surface area contributed by atoms with Gasteiger partial charge in [-0.1, -0.05) is 13.3 Å². The molecule has 0 bridgehead atoms. The van der Waals surface area contributed by atoms with Gasteiger partial charge in [0.2, 0.25) is 0 Å². The molecule has 0 aromatic carbocycles. The van der Waals surface area contributed by atoms with Gasteiger partial charge >= 0.3 is 5.97 Å². The minimum Gasteiger partial charge on any atom is -0.480 e. The van der Waals surface area contributed by atoms with Crippen LogP contribution in [0.1, 0.15) is 30.9 Å². The summed E-state index contributed by atoms with van der Waals surface area (Å²) in [5, 5.41) is 8.59. The lowest BCUT2D eigenvalue weighted by atomic mass is 10.3. The van der Waals surface area contributed by atoms with E-state index in [1.807, 2.05) is 6.92 Å². The van der Waals surface area contributed by atoms with Crippen molar-refractivity contribution in [2.45, 2.75) is 25.8 Å². The third kappa shape index (κ3) is 2.29. The topological polar surface area (TPSA) is 92.0 Å². The van der Waals surface area contributed by atoms with Crippen LogP contribution in [0.15, 0.2) is 6.20 Å². The van der Waals surface area contributed by atoms with Gasteiger partial charge < -0.3 is 15.8 Å². The summed E-state index contributed by atoms with van der Waals surface area (Å²) in [4.78, 5) is 17.3. The van der Waals surface area contributed by atoms with Crippen molar-refractivity contribution in [1.29, 1.82) is 0 Å². The molecule has 13 heavy (non-hydrogen) atoms. The predicted octanol–water partition coefficient (Wildman–Crippen LogP) is 0.447. The molecule has 4 N–H and O–H groups in total. The van der Waals surface area contributed by atoms with Gasteiger partial charge in [0.1, 0.15) is 5.82 Å². The number of rotatable bonds is 4. The van der Waals surface area contributed by atoms with Crippen molar-refractivity contribution >= 4 is 5.97 Å². The predicted molar refractivity (Wildman–Crippen MR) is 47.1 cm³/mol. The maximum Gasteiger partial charge on any atom is 0.328 e. The Labute approximate surface area is 76.0 Å². The Morgan fingerprint density at radius 3 is 3.08 bits per heavy atom. The molecule has 0 fully saturated rings. The van der Waals surface area contributed by atoms with Gasteiger partial charge in [-0.25, -0.2) is 4.98 Å². The van der Waals surface area contributed by atoms with Gasteiger partial charge in [0, 0.05) is 11.9 Å². The summed E-state index contributed by atoms with van der Waals surface area (Å²) in [6.45, 7) is 2.04. The van der Waals surface area contributed by atoms with Crippen LogP contribution < -0.4 is 5.73 Å². The molecule has 0 aliphatic carbocycles. The average molecular weight is 183 g/mol. The van der Waals surface area contributed by atoms with E-state index < -0.39 is 12.0 Å². The number of nitrogens with one attached hydrogen (secondary N) is 1. The Morgan fingerprint density at radius 1 is 1.85 bits per heavy atom. The van der Waals surface area contributed by atoms with Crippen LogP contribution in [-0.2, 0) is 11.2 Å². The minimum atomic E-state index is -1.07. The number of hydrogen-bond donors (Lipinski definition) is 3. The highest BCUT2D eigenvalue weighted by Gasteiger charge is 2.17. The van der Waals surface area contributed by atoms with Crippen molar-refractivity contribution in [2.75, 3.05) is 0 Å². The number of H-pyrrole nitrogens is 1. The lowest BCUT2D eigenvalue weighted by molar-refractivity contribution is -0.138. The number of carbonyl (C=O) groups is 1. The molecular weight excluding hydrogens is 170 g/mol. The highest BCUT2D eigenvalue weighted by atomic mass is 16.4. The molecule has 0 saturated carbocycles. The number of carboxylic acid groups (broad SMARTS) is 1. The molecule has 1 atom stereocenters. The van der Waals surface area contributed by atoms with Crippen molar-refractivity contribution < 1.29 is 9.90 Å². The third-order valence-corrected chi connectivity index (χ3v) is 1.73. The Morgan fingerprint density at radius 2 is 2.54 bits per heavy atom. The number of aryl methyl sites for hydroxylation is 1. The Hall–Kier alpha value is -1.36. The molecule has 1 unspecified atom stereocenters. The van der Waals surface area contributed by atoms with Crippen LogP contribution >= 0.6 is 0 Å². The van der Waals surface area contributed by atoms with Gasteiger partial charge in [0.15, 0.2) is 6.04 Å². The van der Waals surface area contributed by atoms with Gasteiger partial charge in [-0.05, 0) is 6.42 Å². The summed E-state index contributed by atoms with van der Waals surface area (Å²) in [7, 11) is 0. The fraction of sp³-hybridized carbons (Fsp3) is 0.500. The fourth-order valence-electron chi connectivity index (χ4n) is 1.05. The molecule has 0 saturated heterocycles. The van der Waals surface area contributed by atoms with Crippen LogP contribution in [0.2, 0.25) is 0 Å². The smallest absolute Gasteiger partial charge is 0.328 e. The summed E-state index contributed by atoms with van der Waals surface area (Å²) in [5.41, 5.74) is 6.28. The monoisotopic (exact) mass is 183 g/mol. The quantitative estimate of drug-likeness (QED) is 0.631. The summed E-state index contributed by atoms with van der Waals surface area (Å²) in [5.74, 6) is -0.756. The Kier molecular flexibility index (Phi) is 3.02. The fourth-order valence-corrected chi connectivity index (χ4v) is 1.05. The van der Waals surface area contributed by atoms with E-state index in [1.54, 1.807) is 6.20 Å². The van der Waals surface area contributed by atoms with Crippen molar-refractivity contribution in [3.63, 3.8) is 0 Å². The van der Waals surface area contributed by atoms with Crippen LogP contribution in [0.25, 0.3) is 0 Å². The second kappa shape index (κ2) is 4.04. The maximum absolute atomic E-state index is 10.5. The van der Waals surface area contributed by atoms with E-state index in [4.69, 9.17) is 10.8 Å². The van der Waals surface area contributed by atoms with Gasteiger partial charge in [-0.15, -0.1) is 0 Å². The summed E-state index contributed by atoms with van der Waals surface area (Å²) in [6.07, 6.45) is 3.48. The summed E-state index contributed by atoms with van der Waals surface area (Å²) >= 11 is 0. The number of aromatic nitrogens is 2. The molecule has 5 heteroatoms. The van der Waals surface area contributed by atoms with E-state index in [2.05, 4.69) is 9.97 Å². The molecule has 72 valence electrons. The SMILES string of the molecule is CCCc1cnc(C(N)C(=O)O)[nH]1. The maximum atomic E-state index is 10.5. The van der Waals surface area contributed by atoms with Crippen molar-refractivity contribution in [3.05, 3.63) is 17.7 Å². The molecule has 0 aliphatic rings. The van der Waals surface area contributed by atoms with Crippen molar-refractivity contribution in [1.82, 2.24) is 9.97 Å². The Bertz CT molecular complexity index is 295. The summed E-state index contributed by atoms with van der Waals surface area (Å²) < 4.78 is 0. The molecule has 1 aromatic rings. The second-order valence-corrected chi connectivity index (χ2v) is 2.86. The number of hydrogen-bond acceptors (Lipinski definition) is 3. The first-order valence-electron chi connectivity index (χ1n) is 4.17. The molecule has 0 amide bonds. The zero-order valence-electron chi connectivity index (χ0n) is 7.45. The zero-order valence-corrected chi connectivity index (χ0v) is 7.45. The Balaban J connectivity index is 2.73. The third-order valence-electron chi connectivity index (χ3n) is 1.73. The van der Waals surface area contributed by atoms with Gasteiger partial charge in [0.05, 0.1) is 0 Å². The average Bonchev–Trinajstić information content (AvgIpc) is 2.52. The van der Waals surface area contributed by atoms with E-state index in [0.29, 0.717) is 5.82 Å². The van der Waals surface area contributed by atoms with E-state index in [0.717, 1.165) is 18.5 Å². The first kappa shape index (κ1) is 9.73. The largest absolute Gasteiger partial charge is 0.480 e. The van der Waals surface area contributed by atoms with Crippen LogP contribution in [0.3, 0.4) is 0 Å². The van der Waals surface area contributed by atoms with Crippen LogP contribution in [0.5, 0.6) is 0 Å². The van der Waals surface area contributed by atoms with E-state index >= 15 is 0 Å². The van der Waals surface area contributed by atoms with Gasteiger partial charge in [-0.2, -0.15) is 0 Å². The number of aromatic amines is 1. The number of nitrogens with two attached hydrogens (primary N) is 1. The first-order valence-corrected chi connectivity index (χ1v) is 4.17. The van der Waals surface area contributed by atoms with Gasteiger partial charge in [-0.3, -0.25) is 4.79 Å². The molecule has 0 radical (unpaired) electrons. The number of nitrogens with zero attached hydrogens (tertiary/aromatic N) is 1. The number of aliphatic carboxylic acids is 1. The van der Waals surface area contributed by atoms with Crippen LogP contribution in [0, 0.1) is 0 Å². The minimum absolute atomic E-state index is 0.316. The van der Waals surface area contributed by atoms with Crippen molar-refractivity contribution in [2.24, 2.45) is 5.73 Å².